The van der Waals surface area contributed by atoms with E-state index in [9.17, 15) is 9.90 Å². The van der Waals surface area contributed by atoms with E-state index in [0.717, 1.165) is 43.1 Å². The summed E-state index contributed by atoms with van der Waals surface area (Å²) in [6.45, 7) is 7.17. The van der Waals surface area contributed by atoms with Crippen molar-refractivity contribution in [1.29, 1.82) is 0 Å². The first-order valence-electron chi connectivity index (χ1n) is 6.77. The van der Waals surface area contributed by atoms with Gasteiger partial charge in [-0.3, -0.25) is 4.79 Å². The Morgan fingerprint density at radius 3 is 2.89 bits per heavy atom. The van der Waals surface area contributed by atoms with Crippen LogP contribution < -0.4 is 4.90 Å². The Labute approximate surface area is 113 Å². The fourth-order valence-electron chi connectivity index (χ4n) is 2.54. The predicted octanol–water partition coefficient (Wildman–Crippen LogP) is 2.04. The third-order valence-electron chi connectivity index (χ3n) is 3.74. The Bertz CT molecular complexity index is 490. The topological polar surface area (TPSA) is 66.3 Å². The van der Waals surface area contributed by atoms with Gasteiger partial charge in [-0.05, 0) is 26.7 Å². The van der Waals surface area contributed by atoms with Crippen LogP contribution >= 0.6 is 0 Å². The van der Waals surface area contributed by atoms with Crippen LogP contribution in [-0.2, 0) is 11.2 Å². The first-order chi connectivity index (χ1) is 8.94. The Morgan fingerprint density at radius 1 is 1.53 bits per heavy atom. The van der Waals surface area contributed by atoms with Crippen molar-refractivity contribution in [2.45, 2.75) is 40.0 Å². The molecule has 1 N–H and O–H groups in total. The van der Waals surface area contributed by atoms with Crippen LogP contribution in [0.15, 0.2) is 6.07 Å². The van der Waals surface area contributed by atoms with Gasteiger partial charge in [0.05, 0.1) is 5.41 Å². The number of aryl methyl sites for hydroxylation is 2. The minimum Gasteiger partial charge on any atom is -0.481 e. The fraction of sp³-hybridized carbons (Fsp3) is 0.643. The van der Waals surface area contributed by atoms with Gasteiger partial charge in [0.2, 0.25) is 0 Å². The summed E-state index contributed by atoms with van der Waals surface area (Å²) in [5.41, 5.74) is 0.258. The Hall–Kier alpha value is -1.65. The van der Waals surface area contributed by atoms with Gasteiger partial charge in [-0.1, -0.05) is 6.92 Å². The lowest BCUT2D eigenvalue weighted by Crippen LogP contribution is -2.46. The number of carboxylic acid groups (broad SMARTS) is 1. The van der Waals surface area contributed by atoms with E-state index in [0.29, 0.717) is 6.54 Å². The number of aromatic nitrogens is 2. The van der Waals surface area contributed by atoms with Gasteiger partial charge >= 0.3 is 5.97 Å². The molecule has 0 saturated carbocycles. The number of hydrogen-bond acceptors (Lipinski definition) is 4. The Kier molecular flexibility index (Phi) is 3.73. The van der Waals surface area contributed by atoms with Crippen LogP contribution in [-0.4, -0.2) is 34.1 Å². The average molecular weight is 263 g/mol. The monoisotopic (exact) mass is 263 g/mol. The Morgan fingerprint density at radius 2 is 2.26 bits per heavy atom. The number of aliphatic carboxylic acids is 1. The molecule has 1 fully saturated rings. The van der Waals surface area contributed by atoms with E-state index in [2.05, 4.69) is 14.9 Å². The van der Waals surface area contributed by atoms with Crippen LogP contribution in [0.4, 0.5) is 5.82 Å². The second kappa shape index (κ2) is 5.15. The average Bonchev–Trinajstić information content (AvgIpc) is 2.38. The molecule has 0 radical (unpaired) electrons. The molecular weight excluding hydrogens is 242 g/mol. The molecular formula is C14H21N3O2. The maximum Gasteiger partial charge on any atom is 0.311 e. The van der Waals surface area contributed by atoms with E-state index >= 15 is 0 Å². The number of carboxylic acids is 1. The smallest absolute Gasteiger partial charge is 0.311 e. The molecule has 1 aliphatic heterocycles. The van der Waals surface area contributed by atoms with Gasteiger partial charge < -0.3 is 10.0 Å². The molecule has 2 rings (SSSR count). The second-order valence-electron chi connectivity index (χ2n) is 5.53. The SMILES string of the molecule is CCc1nc(C)cc(N2CCCC(C)(C(=O)O)C2)n1. The number of nitrogens with zero attached hydrogens (tertiary/aromatic N) is 3. The van der Waals surface area contributed by atoms with E-state index in [1.165, 1.54) is 0 Å². The summed E-state index contributed by atoms with van der Waals surface area (Å²) in [6, 6.07) is 1.94. The van der Waals surface area contributed by atoms with Gasteiger partial charge in [0, 0.05) is 31.3 Å². The van der Waals surface area contributed by atoms with Crippen molar-refractivity contribution < 1.29 is 9.90 Å². The zero-order valence-electron chi connectivity index (χ0n) is 11.8. The van der Waals surface area contributed by atoms with E-state index < -0.39 is 11.4 Å². The molecule has 1 atom stereocenters. The number of carbonyl (C=O) groups is 1. The van der Waals surface area contributed by atoms with Crippen LogP contribution in [0, 0.1) is 12.3 Å². The fourth-order valence-corrected chi connectivity index (χ4v) is 2.54. The molecule has 1 unspecified atom stereocenters. The predicted molar refractivity (Wildman–Crippen MR) is 73.3 cm³/mol. The largest absolute Gasteiger partial charge is 0.481 e. The highest BCUT2D eigenvalue weighted by molar-refractivity contribution is 5.75. The summed E-state index contributed by atoms with van der Waals surface area (Å²) < 4.78 is 0. The molecule has 1 aromatic rings. The molecule has 0 aliphatic carbocycles. The molecule has 0 spiro atoms. The molecule has 1 aliphatic rings. The van der Waals surface area contributed by atoms with Gasteiger partial charge in [0.15, 0.2) is 0 Å². The highest BCUT2D eigenvalue weighted by atomic mass is 16.4. The summed E-state index contributed by atoms with van der Waals surface area (Å²) in [5.74, 6) is 0.952. The quantitative estimate of drug-likeness (QED) is 0.904. The van der Waals surface area contributed by atoms with Crippen LogP contribution in [0.2, 0.25) is 0 Å². The summed E-state index contributed by atoms with van der Waals surface area (Å²) in [6.07, 6.45) is 2.40. The summed E-state index contributed by atoms with van der Waals surface area (Å²) in [5, 5.41) is 9.36. The molecule has 1 aromatic heterocycles. The van der Waals surface area contributed by atoms with Gasteiger partial charge in [-0.25, -0.2) is 9.97 Å². The van der Waals surface area contributed by atoms with Crippen molar-refractivity contribution in [3.05, 3.63) is 17.6 Å². The summed E-state index contributed by atoms with van der Waals surface area (Å²) in [7, 11) is 0. The van der Waals surface area contributed by atoms with Crippen molar-refractivity contribution in [2.75, 3.05) is 18.0 Å². The van der Waals surface area contributed by atoms with Gasteiger partial charge in [-0.2, -0.15) is 0 Å². The standard InChI is InChI=1S/C14H21N3O2/c1-4-11-15-10(2)8-12(16-11)17-7-5-6-14(3,9-17)13(18)19/h8H,4-7,9H2,1-3H3,(H,18,19). The highest BCUT2D eigenvalue weighted by Crippen LogP contribution is 2.32. The van der Waals surface area contributed by atoms with Crippen molar-refractivity contribution in [1.82, 2.24) is 9.97 Å². The van der Waals surface area contributed by atoms with Crippen LogP contribution in [0.5, 0.6) is 0 Å². The maximum atomic E-state index is 11.4. The van der Waals surface area contributed by atoms with Crippen LogP contribution in [0.3, 0.4) is 0 Å². The van der Waals surface area contributed by atoms with Crippen molar-refractivity contribution in [3.8, 4) is 0 Å². The normalized spacial score (nSPS) is 23.4. The van der Waals surface area contributed by atoms with Gasteiger partial charge in [-0.15, -0.1) is 0 Å². The second-order valence-corrected chi connectivity index (χ2v) is 5.53. The summed E-state index contributed by atoms with van der Waals surface area (Å²) in [4.78, 5) is 22.3. The number of hydrogen-bond donors (Lipinski definition) is 1. The number of piperidine rings is 1. The van der Waals surface area contributed by atoms with E-state index in [-0.39, 0.29) is 0 Å². The van der Waals surface area contributed by atoms with Gasteiger partial charge in [0.1, 0.15) is 11.6 Å². The molecule has 0 aromatic carbocycles. The summed E-state index contributed by atoms with van der Waals surface area (Å²) >= 11 is 0. The maximum absolute atomic E-state index is 11.4. The molecule has 19 heavy (non-hydrogen) atoms. The molecule has 5 nitrogen and oxygen atoms in total. The molecule has 104 valence electrons. The number of anilines is 1. The molecule has 1 saturated heterocycles. The third kappa shape index (κ3) is 2.85. The van der Waals surface area contributed by atoms with Gasteiger partial charge in [0.25, 0.3) is 0 Å². The molecule has 0 bridgehead atoms. The zero-order chi connectivity index (χ0) is 14.0. The lowest BCUT2D eigenvalue weighted by atomic mass is 9.82. The number of rotatable bonds is 3. The molecule has 0 amide bonds. The Balaban J connectivity index is 2.26. The zero-order valence-corrected chi connectivity index (χ0v) is 11.8. The lowest BCUT2D eigenvalue weighted by molar-refractivity contribution is -0.148. The first-order valence-corrected chi connectivity index (χ1v) is 6.77. The first kappa shape index (κ1) is 13.8. The third-order valence-corrected chi connectivity index (χ3v) is 3.74. The van der Waals surface area contributed by atoms with E-state index in [4.69, 9.17) is 0 Å². The minimum atomic E-state index is -0.723. The van der Waals surface area contributed by atoms with Crippen molar-refractivity contribution in [2.24, 2.45) is 5.41 Å². The highest BCUT2D eigenvalue weighted by Gasteiger charge is 2.38. The molecule has 2 heterocycles. The van der Waals surface area contributed by atoms with E-state index in [1.54, 1.807) is 0 Å². The molecule has 5 heteroatoms. The van der Waals surface area contributed by atoms with Crippen molar-refractivity contribution in [3.63, 3.8) is 0 Å². The lowest BCUT2D eigenvalue weighted by Gasteiger charge is -2.38. The van der Waals surface area contributed by atoms with Crippen molar-refractivity contribution >= 4 is 11.8 Å². The van der Waals surface area contributed by atoms with Crippen LogP contribution in [0.1, 0.15) is 38.2 Å². The van der Waals surface area contributed by atoms with E-state index in [1.807, 2.05) is 26.8 Å². The minimum absolute atomic E-state index is 0.516. The van der Waals surface area contributed by atoms with Crippen LogP contribution in [0.25, 0.3) is 0 Å².